The molecule has 3 nitrogen and oxygen atoms in total. The summed E-state index contributed by atoms with van der Waals surface area (Å²) in [5.41, 5.74) is 6.86. The summed E-state index contributed by atoms with van der Waals surface area (Å²) in [4.78, 5) is 11.9. The molecule has 1 aliphatic carbocycles. The highest BCUT2D eigenvalue weighted by Gasteiger charge is 2.47. The molecule has 3 N–H and O–H groups in total. The molecule has 1 aromatic carbocycles. The van der Waals surface area contributed by atoms with Crippen molar-refractivity contribution in [2.75, 3.05) is 0 Å². The quantitative estimate of drug-likeness (QED) is 0.842. The minimum Gasteiger partial charge on any atom is -0.366 e. The van der Waals surface area contributed by atoms with Crippen LogP contribution in [0.2, 0.25) is 0 Å². The largest absolute Gasteiger partial charge is 0.366 e. The first-order valence-corrected chi connectivity index (χ1v) is 8.31. The van der Waals surface area contributed by atoms with Crippen molar-refractivity contribution < 1.29 is 13.6 Å². The predicted octanol–water partition coefficient (Wildman–Crippen LogP) is 3.63. The highest BCUT2D eigenvalue weighted by molar-refractivity contribution is 9.10. The van der Waals surface area contributed by atoms with Gasteiger partial charge in [0.15, 0.2) is 0 Å². The van der Waals surface area contributed by atoms with E-state index < -0.39 is 17.9 Å². The summed E-state index contributed by atoms with van der Waals surface area (Å²) in [5, 5.41) is 4.55. The third kappa shape index (κ3) is 2.80. The fraction of sp³-hybridized carbons (Fsp3) is 0.267. The number of thiophene rings is 1. The van der Waals surface area contributed by atoms with Crippen LogP contribution in [0.5, 0.6) is 0 Å². The Labute approximate surface area is 138 Å². The molecule has 7 heteroatoms. The van der Waals surface area contributed by atoms with Gasteiger partial charge in [0.05, 0.1) is 11.6 Å². The van der Waals surface area contributed by atoms with Gasteiger partial charge in [-0.1, -0.05) is 28.1 Å². The zero-order chi connectivity index (χ0) is 15.9. The van der Waals surface area contributed by atoms with Gasteiger partial charge in [-0.3, -0.25) is 4.79 Å². The van der Waals surface area contributed by atoms with E-state index in [4.69, 9.17) is 5.73 Å². The van der Waals surface area contributed by atoms with Crippen LogP contribution in [0.1, 0.15) is 32.4 Å². The zero-order valence-electron chi connectivity index (χ0n) is 11.4. The van der Waals surface area contributed by atoms with Gasteiger partial charge in [-0.15, -0.1) is 11.3 Å². The molecule has 0 saturated carbocycles. The molecule has 1 atom stereocenters. The van der Waals surface area contributed by atoms with Crippen molar-refractivity contribution in [3.63, 3.8) is 0 Å². The highest BCUT2D eigenvalue weighted by atomic mass is 79.9. The molecule has 0 radical (unpaired) electrons. The number of halogens is 3. The van der Waals surface area contributed by atoms with Crippen molar-refractivity contribution in [2.45, 2.75) is 24.9 Å². The molecule has 0 aliphatic heterocycles. The second-order valence-electron chi connectivity index (χ2n) is 5.23. The maximum Gasteiger partial charge on any atom is 0.271 e. The van der Waals surface area contributed by atoms with Crippen molar-refractivity contribution in [1.29, 1.82) is 0 Å². The van der Waals surface area contributed by atoms with E-state index >= 15 is 0 Å². The van der Waals surface area contributed by atoms with E-state index in [1.807, 2.05) is 0 Å². The van der Waals surface area contributed by atoms with Crippen LogP contribution in [0, 0.1) is 0 Å². The zero-order valence-corrected chi connectivity index (χ0v) is 13.8. The Kier molecular flexibility index (Phi) is 4.05. The number of benzene rings is 1. The van der Waals surface area contributed by atoms with E-state index in [0.29, 0.717) is 21.2 Å². The number of nitrogens with one attached hydrogen (secondary N) is 1. The van der Waals surface area contributed by atoms with Gasteiger partial charge in [-0.05, 0) is 23.3 Å². The molecule has 116 valence electrons. The lowest BCUT2D eigenvalue weighted by atomic mass is 10.1. The molecule has 0 saturated heterocycles. The number of carbonyl (C=O) groups excluding carboxylic acids is 1. The predicted molar refractivity (Wildman–Crippen MR) is 85.2 cm³/mol. The van der Waals surface area contributed by atoms with Crippen molar-refractivity contribution in [3.05, 3.63) is 55.7 Å². The Hall–Kier alpha value is -1.31. The Morgan fingerprint density at radius 1 is 1.50 bits per heavy atom. The van der Waals surface area contributed by atoms with Crippen molar-refractivity contribution >= 4 is 33.2 Å². The molecule has 0 fully saturated rings. The second-order valence-corrected chi connectivity index (χ2v) is 7.08. The standard InChI is InChI=1S/C15H13BrF2N2OS/c16-12-3-1-2-10-11(12)5-15(17,18)13(10)20-6-9-4-8(7-22-9)14(19)21/h1-4,7,13,20H,5-6H2,(H2,19,21). The van der Waals surface area contributed by atoms with E-state index in [1.54, 1.807) is 29.6 Å². The minimum atomic E-state index is -2.84. The molecule has 1 amide bonds. The van der Waals surface area contributed by atoms with Gasteiger partial charge in [-0.2, -0.15) is 0 Å². The summed E-state index contributed by atoms with van der Waals surface area (Å²) in [6.45, 7) is 0.268. The molecule has 0 spiro atoms. The van der Waals surface area contributed by atoms with Gasteiger partial charge in [0.1, 0.15) is 0 Å². The average molecular weight is 387 g/mol. The number of carbonyl (C=O) groups is 1. The van der Waals surface area contributed by atoms with Gasteiger partial charge >= 0.3 is 0 Å². The Bertz CT molecular complexity index is 732. The minimum absolute atomic E-state index is 0.268. The monoisotopic (exact) mass is 386 g/mol. The molecular formula is C15H13BrF2N2OS. The first-order valence-electron chi connectivity index (χ1n) is 6.64. The number of nitrogens with two attached hydrogens (primary N) is 1. The van der Waals surface area contributed by atoms with E-state index in [-0.39, 0.29) is 13.0 Å². The number of primary amides is 1. The number of alkyl halides is 2. The van der Waals surface area contributed by atoms with E-state index in [0.717, 1.165) is 4.88 Å². The van der Waals surface area contributed by atoms with Crippen LogP contribution < -0.4 is 11.1 Å². The maximum atomic E-state index is 14.3. The lowest BCUT2D eigenvalue weighted by molar-refractivity contribution is -0.0262. The third-order valence-electron chi connectivity index (χ3n) is 3.72. The van der Waals surface area contributed by atoms with Crippen LogP contribution in [0.25, 0.3) is 0 Å². The molecule has 1 aliphatic rings. The van der Waals surface area contributed by atoms with Gasteiger partial charge in [0.2, 0.25) is 5.91 Å². The number of hydrogen-bond donors (Lipinski definition) is 2. The number of amides is 1. The average Bonchev–Trinajstić information content (AvgIpc) is 3.00. The normalized spacial score (nSPS) is 19.1. The van der Waals surface area contributed by atoms with Gasteiger partial charge in [-0.25, -0.2) is 8.78 Å². The molecule has 3 rings (SSSR count). The molecular weight excluding hydrogens is 374 g/mol. The van der Waals surface area contributed by atoms with Crippen LogP contribution >= 0.6 is 27.3 Å². The first kappa shape index (κ1) is 15.6. The van der Waals surface area contributed by atoms with Crippen LogP contribution in [-0.4, -0.2) is 11.8 Å². The Morgan fingerprint density at radius 3 is 2.95 bits per heavy atom. The summed E-state index contributed by atoms with van der Waals surface area (Å²) in [6.07, 6.45) is -0.279. The smallest absolute Gasteiger partial charge is 0.271 e. The molecule has 1 heterocycles. The maximum absolute atomic E-state index is 14.3. The van der Waals surface area contributed by atoms with Gasteiger partial charge in [0, 0.05) is 27.7 Å². The molecule has 2 aromatic rings. The van der Waals surface area contributed by atoms with E-state index in [9.17, 15) is 13.6 Å². The first-order chi connectivity index (χ1) is 10.4. The van der Waals surface area contributed by atoms with E-state index in [2.05, 4.69) is 21.2 Å². The topological polar surface area (TPSA) is 55.1 Å². The number of rotatable bonds is 4. The summed E-state index contributed by atoms with van der Waals surface area (Å²) < 4.78 is 29.2. The number of hydrogen-bond acceptors (Lipinski definition) is 3. The summed E-state index contributed by atoms with van der Waals surface area (Å²) in [7, 11) is 0. The van der Waals surface area contributed by atoms with Crippen molar-refractivity contribution in [1.82, 2.24) is 5.32 Å². The summed E-state index contributed by atoms with van der Waals surface area (Å²) >= 11 is 4.66. The summed E-state index contributed by atoms with van der Waals surface area (Å²) in [5.74, 6) is -3.35. The molecule has 1 aromatic heterocycles. The molecule has 1 unspecified atom stereocenters. The Balaban J connectivity index is 1.79. The summed E-state index contributed by atoms with van der Waals surface area (Å²) in [6, 6.07) is 5.86. The fourth-order valence-corrected chi connectivity index (χ4v) is 4.01. The molecule has 0 bridgehead atoms. The lowest BCUT2D eigenvalue weighted by Crippen LogP contribution is -2.33. The van der Waals surface area contributed by atoms with Crippen LogP contribution in [0.4, 0.5) is 8.78 Å². The van der Waals surface area contributed by atoms with Crippen LogP contribution in [0.3, 0.4) is 0 Å². The van der Waals surface area contributed by atoms with Crippen LogP contribution in [-0.2, 0) is 13.0 Å². The second kappa shape index (κ2) is 5.72. The number of fused-ring (bicyclic) bond motifs is 1. The Morgan fingerprint density at radius 2 is 2.27 bits per heavy atom. The van der Waals surface area contributed by atoms with Crippen molar-refractivity contribution in [2.24, 2.45) is 5.73 Å². The van der Waals surface area contributed by atoms with E-state index in [1.165, 1.54) is 11.3 Å². The highest BCUT2D eigenvalue weighted by Crippen LogP contribution is 2.45. The van der Waals surface area contributed by atoms with Gasteiger partial charge in [0.25, 0.3) is 5.92 Å². The van der Waals surface area contributed by atoms with Crippen molar-refractivity contribution in [3.8, 4) is 0 Å². The van der Waals surface area contributed by atoms with Gasteiger partial charge < -0.3 is 11.1 Å². The fourth-order valence-electron chi connectivity index (χ4n) is 2.66. The lowest BCUT2D eigenvalue weighted by Gasteiger charge is -2.21. The van der Waals surface area contributed by atoms with Crippen LogP contribution in [0.15, 0.2) is 34.1 Å². The third-order valence-corrected chi connectivity index (χ3v) is 5.40. The SMILES string of the molecule is NC(=O)c1csc(CNC2c3cccc(Br)c3CC2(F)F)c1. The molecule has 22 heavy (non-hydrogen) atoms.